The van der Waals surface area contributed by atoms with Crippen LogP contribution in [-0.2, 0) is 14.4 Å². The average Bonchev–Trinajstić information content (AvgIpc) is 3.31. The van der Waals surface area contributed by atoms with Crippen molar-refractivity contribution >= 4 is 40.5 Å². The maximum absolute atomic E-state index is 13.5. The van der Waals surface area contributed by atoms with Crippen LogP contribution in [0.3, 0.4) is 0 Å². The Morgan fingerprint density at radius 2 is 1.50 bits per heavy atom. The predicted molar refractivity (Wildman–Crippen MR) is 117 cm³/mol. The molecule has 3 aromatic carbocycles. The summed E-state index contributed by atoms with van der Waals surface area (Å²) in [7, 11) is 0. The normalized spacial score (nSPS) is 22.3. The Kier molecular flexibility index (Phi) is 4.88. The molecule has 2 aliphatic heterocycles. The Bertz CT molecular complexity index is 1200. The van der Waals surface area contributed by atoms with Crippen LogP contribution in [0.1, 0.15) is 11.6 Å². The monoisotopic (exact) mass is 449 g/mol. The van der Waals surface area contributed by atoms with Crippen LogP contribution in [0.25, 0.3) is 0 Å². The number of fused-ring (bicyclic) bond motifs is 1. The largest absolute Gasteiger partial charge is 0.273 e. The van der Waals surface area contributed by atoms with Crippen LogP contribution in [0.5, 0.6) is 0 Å². The number of nitrogens with zero attached hydrogens (tertiary/aromatic N) is 3. The molecule has 9 heteroatoms. The van der Waals surface area contributed by atoms with Crippen LogP contribution in [0.15, 0.2) is 78.9 Å². The van der Waals surface area contributed by atoms with E-state index in [1.807, 2.05) is 30.3 Å². The number of nitro groups is 1. The number of hydroxylamine groups is 1. The van der Waals surface area contributed by atoms with E-state index >= 15 is 0 Å². The number of anilines is 2. The second-order valence-corrected chi connectivity index (χ2v) is 7.93. The Morgan fingerprint density at radius 3 is 2.12 bits per heavy atom. The highest BCUT2D eigenvalue weighted by Gasteiger charge is 2.60. The van der Waals surface area contributed by atoms with Crippen molar-refractivity contribution in [2.75, 3.05) is 9.96 Å². The van der Waals surface area contributed by atoms with Crippen LogP contribution < -0.4 is 9.96 Å². The summed E-state index contributed by atoms with van der Waals surface area (Å²) in [6.07, 6.45) is -1.02. The Labute approximate surface area is 187 Å². The van der Waals surface area contributed by atoms with E-state index in [9.17, 15) is 19.7 Å². The van der Waals surface area contributed by atoms with Gasteiger partial charge in [0.15, 0.2) is 6.10 Å². The molecule has 2 heterocycles. The minimum Gasteiger partial charge on any atom is -0.273 e. The predicted octanol–water partition coefficient (Wildman–Crippen LogP) is 4.30. The number of non-ortho nitro benzene ring substituents is 1. The fourth-order valence-corrected chi connectivity index (χ4v) is 4.32. The number of hydrogen-bond donors (Lipinski definition) is 0. The molecular formula is C23H16ClN3O5. The second kappa shape index (κ2) is 7.74. The van der Waals surface area contributed by atoms with Gasteiger partial charge in [-0.15, -0.1) is 0 Å². The van der Waals surface area contributed by atoms with Gasteiger partial charge in [0.25, 0.3) is 11.6 Å². The van der Waals surface area contributed by atoms with Gasteiger partial charge in [0.1, 0.15) is 5.92 Å². The first-order valence-electron chi connectivity index (χ1n) is 9.84. The number of carbonyl (C=O) groups excluding carboxylic acids is 2. The van der Waals surface area contributed by atoms with Gasteiger partial charge in [0, 0.05) is 17.2 Å². The van der Waals surface area contributed by atoms with E-state index < -0.39 is 34.8 Å². The molecule has 5 rings (SSSR count). The van der Waals surface area contributed by atoms with Crippen LogP contribution in [0.4, 0.5) is 17.1 Å². The van der Waals surface area contributed by atoms with Crippen LogP contribution in [0.2, 0.25) is 5.02 Å². The molecule has 32 heavy (non-hydrogen) atoms. The molecule has 0 bridgehead atoms. The Morgan fingerprint density at radius 1 is 0.844 bits per heavy atom. The molecule has 2 amide bonds. The molecule has 8 nitrogen and oxygen atoms in total. The Hall–Kier alpha value is -3.75. The lowest BCUT2D eigenvalue weighted by molar-refractivity contribution is -0.384. The highest BCUT2D eigenvalue weighted by molar-refractivity contribution is 6.31. The lowest BCUT2D eigenvalue weighted by atomic mass is 9.90. The molecule has 0 unspecified atom stereocenters. The number of para-hydroxylation sites is 1. The first-order chi connectivity index (χ1) is 15.5. The summed E-state index contributed by atoms with van der Waals surface area (Å²) in [4.78, 5) is 44.4. The third kappa shape index (κ3) is 3.21. The van der Waals surface area contributed by atoms with Gasteiger partial charge in [-0.3, -0.25) is 24.5 Å². The zero-order valence-corrected chi connectivity index (χ0v) is 17.3. The summed E-state index contributed by atoms with van der Waals surface area (Å²) in [6.45, 7) is 0. The lowest BCUT2D eigenvalue weighted by Gasteiger charge is -2.28. The van der Waals surface area contributed by atoms with Crippen LogP contribution in [-0.4, -0.2) is 22.8 Å². The SMILES string of the molecule is O=C1[C@@H]2[C@@H](c3ccc([N+](=O)[O-])cc3)N(c3ccccc3)O[C@H]2C(=O)N1c1ccc(Cl)cc1. The third-order valence-electron chi connectivity index (χ3n) is 5.66. The molecular weight excluding hydrogens is 434 g/mol. The summed E-state index contributed by atoms with van der Waals surface area (Å²) < 4.78 is 0. The van der Waals surface area contributed by atoms with Crippen molar-refractivity contribution in [1.82, 2.24) is 0 Å². The van der Waals surface area contributed by atoms with Crippen molar-refractivity contribution < 1.29 is 19.3 Å². The maximum atomic E-state index is 13.5. The number of amides is 2. The van der Waals surface area contributed by atoms with Gasteiger partial charge in [0.05, 0.1) is 22.3 Å². The minimum atomic E-state index is -1.02. The van der Waals surface area contributed by atoms with E-state index in [0.717, 1.165) is 4.90 Å². The fourth-order valence-electron chi connectivity index (χ4n) is 4.19. The van der Waals surface area contributed by atoms with Gasteiger partial charge < -0.3 is 0 Å². The summed E-state index contributed by atoms with van der Waals surface area (Å²) in [5.74, 6) is -1.68. The van der Waals surface area contributed by atoms with Crippen molar-refractivity contribution in [1.29, 1.82) is 0 Å². The second-order valence-electron chi connectivity index (χ2n) is 7.49. The number of imide groups is 1. The van der Waals surface area contributed by atoms with Gasteiger partial charge in [-0.1, -0.05) is 41.9 Å². The quantitative estimate of drug-likeness (QED) is 0.335. The molecule has 160 valence electrons. The van der Waals surface area contributed by atoms with E-state index in [1.54, 1.807) is 41.5 Å². The first-order valence-corrected chi connectivity index (χ1v) is 10.2. The number of halogens is 1. The van der Waals surface area contributed by atoms with Gasteiger partial charge in [-0.2, -0.15) is 0 Å². The van der Waals surface area contributed by atoms with Gasteiger partial charge in [-0.05, 0) is 42.0 Å². The van der Waals surface area contributed by atoms with Crippen molar-refractivity contribution in [3.63, 3.8) is 0 Å². The van der Waals surface area contributed by atoms with Crippen molar-refractivity contribution in [3.8, 4) is 0 Å². The minimum absolute atomic E-state index is 0.0629. The van der Waals surface area contributed by atoms with E-state index in [0.29, 0.717) is 22.0 Å². The molecule has 0 spiro atoms. The molecule has 2 fully saturated rings. The summed E-state index contributed by atoms with van der Waals surface area (Å²) in [6, 6.07) is 20.8. The van der Waals surface area contributed by atoms with E-state index in [2.05, 4.69) is 0 Å². The van der Waals surface area contributed by atoms with E-state index in [4.69, 9.17) is 16.4 Å². The maximum Gasteiger partial charge on any atom is 0.269 e. The van der Waals surface area contributed by atoms with Crippen LogP contribution in [0, 0.1) is 16.0 Å². The van der Waals surface area contributed by atoms with Gasteiger partial charge in [-0.25, -0.2) is 9.96 Å². The summed E-state index contributed by atoms with van der Waals surface area (Å²) in [5, 5.41) is 13.1. The summed E-state index contributed by atoms with van der Waals surface area (Å²) in [5.41, 5.74) is 1.65. The molecule has 2 saturated heterocycles. The van der Waals surface area contributed by atoms with Crippen molar-refractivity contribution in [2.24, 2.45) is 5.92 Å². The number of benzene rings is 3. The molecule has 3 atom stereocenters. The summed E-state index contributed by atoms with van der Waals surface area (Å²) >= 11 is 5.94. The standard InChI is InChI=1S/C23H16ClN3O5/c24-15-8-12-16(13-9-15)25-22(28)19-20(14-6-10-18(11-7-14)27(30)31)26(32-21(19)23(25)29)17-4-2-1-3-5-17/h1-13,19-21H/t19-,20-,21-/m1/s1. The first kappa shape index (κ1) is 20.2. The van der Waals surface area contributed by atoms with Crippen molar-refractivity contribution in [3.05, 3.63) is 99.6 Å². The van der Waals surface area contributed by atoms with Crippen molar-refractivity contribution in [2.45, 2.75) is 12.1 Å². The highest BCUT2D eigenvalue weighted by atomic mass is 35.5. The Balaban J connectivity index is 1.57. The smallest absolute Gasteiger partial charge is 0.269 e. The molecule has 0 aliphatic carbocycles. The molecule has 0 saturated carbocycles. The molecule has 0 radical (unpaired) electrons. The molecule has 0 aromatic heterocycles. The van der Waals surface area contributed by atoms with E-state index in [1.165, 1.54) is 12.1 Å². The fraction of sp³-hybridized carbons (Fsp3) is 0.130. The van der Waals surface area contributed by atoms with Crippen LogP contribution >= 0.6 is 11.6 Å². The average molecular weight is 450 g/mol. The lowest BCUT2D eigenvalue weighted by Crippen LogP contribution is -2.37. The zero-order valence-electron chi connectivity index (χ0n) is 16.5. The molecule has 0 N–H and O–H groups in total. The zero-order chi connectivity index (χ0) is 22.4. The van der Waals surface area contributed by atoms with E-state index in [-0.39, 0.29) is 5.69 Å². The van der Waals surface area contributed by atoms with Gasteiger partial charge in [0.2, 0.25) is 5.91 Å². The number of carbonyl (C=O) groups is 2. The number of hydrogen-bond acceptors (Lipinski definition) is 6. The topological polar surface area (TPSA) is 93.0 Å². The number of rotatable bonds is 4. The van der Waals surface area contributed by atoms with Gasteiger partial charge >= 0.3 is 0 Å². The third-order valence-corrected chi connectivity index (χ3v) is 5.91. The molecule has 2 aliphatic rings. The highest BCUT2D eigenvalue weighted by Crippen LogP contribution is 2.47. The number of nitro benzene ring substituents is 1. The molecule has 3 aromatic rings.